The van der Waals surface area contributed by atoms with E-state index in [1.54, 1.807) is 0 Å². The van der Waals surface area contributed by atoms with Crippen molar-refractivity contribution in [3.8, 4) is 0 Å². The zero-order chi connectivity index (χ0) is 11.0. The van der Waals surface area contributed by atoms with E-state index in [-0.39, 0.29) is 1.26 Å². The Bertz CT molecular complexity index is 225. The van der Waals surface area contributed by atoms with Crippen LogP contribution >= 0.6 is 45.2 Å². The molecule has 0 aliphatic heterocycles. The molecular weight excluding hydrogens is 426 g/mol. The zero-order valence-electron chi connectivity index (χ0n) is 8.51. The molecule has 0 aliphatic carbocycles. The number of alkyl halides is 2. The quantitative estimate of drug-likeness (QED) is 0.323. The summed E-state index contributed by atoms with van der Waals surface area (Å²) >= 11 is 3.92. The van der Waals surface area contributed by atoms with Crippen molar-refractivity contribution >= 4 is 55.0 Å². The molecule has 0 amide bonds. The second kappa shape index (κ2) is 8.55. The smallest absolute Gasteiger partial charge is 0.171 e. The average Bonchev–Trinajstić information content (AvgIpc) is 2.10. The van der Waals surface area contributed by atoms with Gasteiger partial charge in [-0.15, -0.1) is 0 Å². The van der Waals surface area contributed by atoms with Crippen LogP contribution in [0.4, 0.5) is 0 Å². The van der Waals surface area contributed by atoms with E-state index in [2.05, 4.69) is 6.92 Å². The first kappa shape index (κ1) is 15.4. The van der Waals surface area contributed by atoms with Gasteiger partial charge in [0.15, 0.2) is 11.1 Å². The lowest BCUT2D eigenvalue weighted by molar-refractivity contribution is 0.587. The molecule has 0 fully saturated rings. The van der Waals surface area contributed by atoms with Gasteiger partial charge < -0.3 is 0 Å². The maximum atomic E-state index is 11.4. The lowest BCUT2D eigenvalue weighted by atomic mass is 10.1. The topological polar surface area (TPSA) is 34.1 Å². The first-order valence-electron chi connectivity index (χ1n) is 5.00. The molecule has 0 radical (unpaired) electrons. The monoisotopic (exact) mass is 444 g/mol. The molecule has 0 aromatic rings. The third kappa shape index (κ3) is 7.67. The summed E-state index contributed by atoms with van der Waals surface area (Å²) in [6, 6.07) is 0. The molecule has 0 spiro atoms. The first-order valence-corrected chi connectivity index (χ1v) is 9.21. The second-order valence-corrected chi connectivity index (χ2v) is 12.2. The fraction of sp³-hybridized carbons (Fsp3) is 1.00. The summed E-state index contributed by atoms with van der Waals surface area (Å²) in [6.45, 7) is 2.18. The first-order chi connectivity index (χ1) is 6.50. The Morgan fingerprint density at radius 2 is 1.50 bits per heavy atom. The Kier molecular flexibility index (Phi) is 9.41. The summed E-state index contributed by atoms with van der Waals surface area (Å²) in [5, 5.41) is 0. The molecule has 0 bridgehead atoms. The van der Waals surface area contributed by atoms with Gasteiger partial charge in [-0.3, -0.25) is 0 Å². The van der Waals surface area contributed by atoms with E-state index in [1.807, 2.05) is 45.2 Å². The van der Waals surface area contributed by atoms with Crippen LogP contribution < -0.4 is 0 Å². The Labute approximate surface area is 115 Å². The van der Waals surface area contributed by atoms with Gasteiger partial charge in [-0.1, -0.05) is 84.2 Å². The lowest BCUT2D eigenvalue weighted by Crippen LogP contribution is -2.12. The van der Waals surface area contributed by atoms with Crippen molar-refractivity contribution in [2.45, 2.75) is 46.7 Å². The molecule has 0 heterocycles. The molecule has 5 heteroatoms. The van der Waals surface area contributed by atoms with E-state index >= 15 is 0 Å². The van der Waals surface area contributed by atoms with Gasteiger partial charge in [-0.05, 0) is 6.42 Å². The highest BCUT2D eigenvalue weighted by molar-refractivity contribution is 14.2. The van der Waals surface area contributed by atoms with Gasteiger partial charge in [-0.25, -0.2) is 8.42 Å². The third-order valence-electron chi connectivity index (χ3n) is 2.05. The number of sulfone groups is 1. The molecule has 14 heavy (non-hydrogen) atoms. The number of hydrogen-bond donors (Lipinski definition) is 0. The van der Waals surface area contributed by atoms with Gasteiger partial charge in [0.1, 0.15) is 0 Å². The average molecular weight is 444 g/mol. The van der Waals surface area contributed by atoms with Crippen LogP contribution in [-0.4, -0.2) is 15.4 Å². The van der Waals surface area contributed by atoms with Crippen molar-refractivity contribution in [2.24, 2.45) is 0 Å². The number of unbranched alkanes of at least 4 members (excludes halogenated alkanes) is 5. The molecular formula is C9H18I2O2S. The molecule has 0 unspecified atom stereocenters. The molecule has 2 nitrogen and oxygen atoms in total. The van der Waals surface area contributed by atoms with E-state index in [0.717, 1.165) is 12.8 Å². The predicted octanol–water partition coefficient (Wildman–Crippen LogP) is 3.92. The largest absolute Gasteiger partial charge is 0.227 e. The van der Waals surface area contributed by atoms with Gasteiger partial charge in [0, 0.05) is 0 Å². The van der Waals surface area contributed by atoms with Crippen LogP contribution in [-0.2, 0) is 9.84 Å². The molecule has 0 aromatic carbocycles. The fourth-order valence-corrected chi connectivity index (χ4v) is 3.48. The van der Waals surface area contributed by atoms with E-state index in [4.69, 9.17) is 0 Å². The normalized spacial score (nSPS) is 12.3. The minimum absolute atomic E-state index is 0.270. The molecule has 0 rings (SSSR count). The van der Waals surface area contributed by atoms with Gasteiger partial charge >= 0.3 is 0 Å². The lowest BCUT2D eigenvalue weighted by Gasteiger charge is -2.04. The zero-order valence-corrected chi connectivity index (χ0v) is 13.6. The summed E-state index contributed by atoms with van der Waals surface area (Å²) in [4.78, 5) is 0. The Morgan fingerprint density at radius 1 is 1.00 bits per heavy atom. The maximum absolute atomic E-state index is 11.4. The van der Waals surface area contributed by atoms with Crippen molar-refractivity contribution in [1.82, 2.24) is 0 Å². The molecule has 0 saturated carbocycles. The molecule has 0 aliphatic rings. The van der Waals surface area contributed by atoms with E-state index in [9.17, 15) is 8.42 Å². The van der Waals surface area contributed by atoms with E-state index < -0.39 is 9.84 Å². The maximum Gasteiger partial charge on any atom is 0.171 e. The summed E-state index contributed by atoms with van der Waals surface area (Å²) in [7, 11) is -2.82. The Balaban J connectivity index is 3.46. The van der Waals surface area contributed by atoms with Crippen LogP contribution in [0.15, 0.2) is 0 Å². The molecule has 0 aromatic heterocycles. The molecule has 0 saturated heterocycles. The standard InChI is InChI=1S/C9H18I2O2S/c1-2-3-4-5-6-7-8-14(12,13)9(10)11/h9H,2-8H2,1H3. The van der Waals surface area contributed by atoms with Gasteiger partial charge in [0.2, 0.25) is 0 Å². The highest BCUT2D eigenvalue weighted by Gasteiger charge is 2.17. The molecule has 86 valence electrons. The van der Waals surface area contributed by atoms with Crippen molar-refractivity contribution in [2.75, 3.05) is 5.75 Å². The summed E-state index contributed by atoms with van der Waals surface area (Å²) in [5.74, 6) is 0.357. The van der Waals surface area contributed by atoms with Crippen LogP contribution in [0.25, 0.3) is 0 Å². The fourth-order valence-electron chi connectivity index (χ4n) is 1.17. The SMILES string of the molecule is CCCCCCCCS(=O)(=O)C(I)I. The van der Waals surface area contributed by atoms with Crippen molar-refractivity contribution in [1.29, 1.82) is 0 Å². The molecule has 0 N–H and O–H groups in total. The van der Waals surface area contributed by atoms with Crippen LogP contribution in [0.5, 0.6) is 0 Å². The second-order valence-electron chi connectivity index (χ2n) is 3.40. The van der Waals surface area contributed by atoms with Crippen LogP contribution in [0.3, 0.4) is 0 Å². The van der Waals surface area contributed by atoms with Crippen LogP contribution in [0.2, 0.25) is 0 Å². The van der Waals surface area contributed by atoms with Gasteiger partial charge in [0.25, 0.3) is 0 Å². The Morgan fingerprint density at radius 3 is 2.00 bits per heavy atom. The molecule has 0 atom stereocenters. The highest BCUT2D eigenvalue weighted by Crippen LogP contribution is 2.19. The van der Waals surface area contributed by atoms with Crippen LogP contribution in [0, 0.1) is 0 Å². The van der Waals surface area contributed by atoms with Crippen molar-refractivity contribution < 1.29 is 8.42 Å². The van der Waals surface area contributed by atoms with E-state index in [1.165, 1.54) is 25.7 Å². The van der Waals surface area contributed by atoms with Crippen LogP contribution in [0.1, 0.15) is 45.4 Å². The summed E-state index contributed by atoms with van der Waals surface area (Å²) in [5.41, 5.74) is 0. The summed E-state index contributed by atoms with van der Waals surface area (Å²) < 4.78 is 22.5. The minimum Gasteiger partial charge on any atom is -0.227 e. The third-order valence-corrected chi connectivity index (χ3v) is 8.10. The Hall–Kier alpha value is 1.41. The minimum atomic E-state index is -2.82. The van der Waals surface area contributed by atoms with E-state index in [0.29, 0.717) is 5.75 Å². The summed E-state index contributed by atoms with van der Waals surface area (Å²) in [6.07, 6.45) is 6.81. The number of halogens is 2. The van der Waals surface area contributed by atoms with Crippen molar-refractivity contribution in [3.05, 3.63) is 0 Å². The van der Waals surface area contributed by atoms with Gasteiger partial charge in [-0.2, -0.15) is 0 Å². The number of hydrogen-bond acceptors (Lipinski definition) is 2. The predicted molar refractivity (Wildman–Crippen MR) is 79.0 cm³/mol. The van der Waals surface area contributed by atoms with Crippen molar-refractivity contribution in [3.63, 3.8) is 0 Å². The van der Waals surface area contributed by atoms with Gasteiger partial charge in [0.05, 0.1) is 5.75 Å². The highest BCUT2D eigenvalue weighted by atomic mass is 127. The number of rotatable bonds is 8.